The lowest BCUT2D eigenvalue weighted by Crippen LogP contribution is -1.97. The summed E-state index contributed by atoms with van der Waals surface area (Å²) in [6.45, 7) is 1.73. The average Bonchev–Trinajstić information content (AvgIpc) is 2.18. The van der Waals surface area contributed by atoms with Crippen molar-refractivity contribution < 1.29 is 14.3 Å². The molecule has 0 amide bonds. The van der Waals surface area contributed by atoms with Crippen LogP contribution in [0.3, 0.4) is 0 Å². The van der Waals surface area contributed by atoms with Crippen molar-refractivity contribution in [3.63, 3.8) is 0 Å². The predicted octanol–water partition coefficient (Wildman–Crippen LogP) is 2.93. The first kappa shape index (κ1) is 11.7. The van der Waals surface area contributed by atoms with Gasteiger partial charge in [-0.05, 0) is 37.3 Å². The van der Waals surface area contributed by atoms with Gasteiger partial charge in [-0.1, -0.05) is 18.2 Å². The highest BCUT2D eigenvalue weighted by Crippen LogP contribution is 2.14. The molecule has 0 fully saturated rings. The highest BCUT2D eigenvalue weighted by atomic mass is 19.1. The summed E-state index contributed by atoms with van der Waals surface area (Å²) in [4.78, 5) is 10.3. The molecule has 2 nitrogen and oxygen atoms in total. The average molecular weight is 210 g/mol. The lowest BCUT2D eigenvalue weighted by atomic mass is 10.0. The second-order valence-electron chi connectivity index (χ2n) is 3.65. The summed E-state index contributed by atoms with van der Waals surface area (Å²) in [6.07, 6.45) is 2.09. The maximum atomic E-state index is 13.5. The maximum absolute atomic E-state index is 13.5. The van der Waals surface area contributed by atoms with Gasteiger partial charge in [-0.3, -0.25) is 4.79 Å². The number of halogens is 1. The Hall–Kier alpha value is -1.38. The third-order valence-electron chi connectivity index (χ3n) is 2.36. The molecule has 0 bridgehead atoms. The Bertz CT molecular complexity index is 347. The first-order chi connectivity index (χ1) is 7.11. The summed E-state index contributed by atoms with van der Waals surface area (Å²) < 4.78 is 13.5. The van der Waals surface area contributed by atoms with E-state index in [4.69, 9.17) is 5.11 Å². The number of rotatable bonds is 5. The Kier molecular flexibility index (Phi) is 4.28. The van der Waals surface area contributed by atoms with E-state index < -0.39 is 5.97 Å². The van der Waals surface area contributed by atoms with Crippen LogP contribution in [0.1, 0.15) is 30.4 Å². The van der Waals surface area contributed by atoms with Crippen LogP contribution in [0.15, 0.2) is 18.2 Å². The number of aliphatic carboxylic acids is 1. The van der Waals surface area contributed by atoms with Crippen molar-refractivity contribution in [1.82, 2.24) is 0 Å². The fraction of sp³-hybridized carbons (Fsp3) is 0.417. The van der Waals surface area contributed by atoms with Crippen LogP contribution in [0.5, 0.6) is 0 Å². The zero-order valence-electron chi connectivity index (χ0n) is 8.79. The van der Waals surface area contributed by atoms with Crippen LogP contribution in [0, 0.1) is 12.7 Å². The summed E-state index contributed by atoms with van der Waals surface area (Å²) in [6, 6.07) is 5.31. The molecule has 0 spiro atoms. The maximum Gasteiger partial charge on any atom is 0.303 e. The van der Waals surface area contributed by atoms with E-state index in [0.717, 1.165) is 0 Å². The molecule has 0 atom stereocenters. The van der Waals surface area contributed by atoms with Gasteiger partial charge in [0.15, 0.2) is 0 Å². The molecule has 1 N–H and O–H groups in total. The van der Waals surface area contributed by atoms with Crippen LogP contribution in [0.25, 0.3) is 0 Å². The van der Waals surface area contributed by atoms with Gasteiger partial charge in [-0.15, -0.1) is 0 Å². The van der Waals surface area contributed by atoms with Crippen LogP contribution in [-0.2, 0) is 11.2 Å². The standard InChI is InChI=1S/C12H15FO2/c1-9-5-4-7-10(12(9)13)6-2-3-8-11(14)15/h4-5,7H,2-3,6,8H2,1H3,(H,14,15). The molecule has 0 unspecified atom stereocenters. The monoisotopic (exact) mass is 210 g/mol. The quantitative estimate of drug-likeness (QED) is 0.759. The van der Waals surface area contributed by atoms with Crippen molar-refractivity contribution in [3.8, 4) is 0 Å². The first-order valence-electron chi connectivity index (χ1n) is 5.07. The van der Waals surface area contributed by atoms with Crippen molar-refractivity contribution >= 4 is 5.97 Å². The molecule has 0 radical (unpaired) electrons. The molecule has 1 aromatic carbocycles. The summed E-state index contributed by atoms with van der Waals surface area (Å²) in [5, 5.41) is 8.44. The van der Waals surface area contributed by atoms with Crippen molar-refractivity contribution in [2.75, 3.05) is 0 Å². The van der Waals surface area contributed by atoms with E-state index in [0.29, 0.717) is 30.4 Å². The van der Waals surface area contributed by atoms with Crippen LogP contribution >= 0.6 is 0 Å². The summed E-state index contributed by atoms with van der Waals surface area (Å²) in [7, 11) is 0. The minimum absolute atomic E-state index is 0.159. The Morgan fingerprint density at radius 2 is 2.13 bits per heavy atom. The molecule has 3 heteroatoms. The second-order valence-corrected chi connectivity index (χ2v) is 3.65. The highest BCUT2D eigenvalue weighted by molar-refractivity contribution is 5.66. The third-order valence-corrected chi connectivity index (χ3v) is 2.36. The van der Waals surface area contributed by atoms with E-state index in [1.165, 1.54) is 0 Å². The van der Waals surface area contributed by atoms with Gasteiger partial charge in [-0.25, -0.2) is 4.39 Å². The van der Waals surface area contributed by atoms with Gasteiger partial charge in [0, 0.05) is 6.42 Å². The smallest absolute Gasteiger partial charge is 0.303 e. The van der Waals surface area contributed by atoms with E-state index in [9.17, 15) is 9.18 Å². The molecule has 0 heterocycles. The Balaban J connectivity index is 2.44. The van der Waals surface area contributed by atoms with Gasteiger partial charge in [0.1, 0.15) is 5.82 Å². The summed E-state index contributed by atoms with van der Waals surface area (Å²) in [5.74, 6) is -0.951. The second kappa shape index (κ2) is 5.49. The van der Waals surface area contributed by atoms with Gasteiger partial charge in [0.25, 0.3) is 0 Å². The summed E-state index contributed by atoms with van der Waals surface area (Å²) in [5.41, 5.74) is 1.33. The van der Waals surface area contributed by atoms with Crippen LogP contribution in [0.2, 0.25) is 0 Å². The Labute approximate surface area is 88.7 Å². The normalized spacial score (nSPS) is 10.3. The van der Waals surface area contributed by atoms with Crippen LogP contribution < -0.4 is 0 Å². The number of unbranched alkanes of at least 4 members (excludes halogenated alkanes) is 1. The molecule has 0 aromatic heterocycles. The lowest BCUT2D eigenvalue weighted by Gasteiger charge is -2.04. The van der Waals surface area contributed by atoms with E-state index in [1.807, 2.05) is 6.07 Å². The SMILES string of the molecule is Cc1cccc(CCCCC(=O)O)c1F. The van der Waals surface area contributed by atoms with Crippen molar-refractivity contribution in [3.05, 3.63) is 35.1 Å². The number of hydrogen-bond donors (Lipinski definition) is 1. The number of carbonyl (C=O) groups is 1. The highest BCUT2D eigenvalue weighted by Gasteiger charge is 2.04. The topological polar surface area (TPSA) is 37.3 Å². The van der Waals surface area contributed by atoms with E-state index >= 15 is 0 Å². The molecule has 82 valence electrons. The molecule has 0 saturated carbocycles. The molecule has 15 heavy (non-hydrogen) atoms. The number of aryl methyl sites for hydroxylation is 2. The minimum Gasteiger partial charge on any atom is -0.481 e. The lowest BCUT2D eigenvalue weighted by molar-refractivity contribution is -0.137. The molecule has 0 saturated heterocycles. The van der Waals surface area contributed by atoms with Gasteiger partial charge in [0.2, 0.25) is 0 Å². The number of carboxylic acids is 1. The molecule has 1 rings (SSSR count). The molecule has 0 aliphatic carbocycles. The predicted molar refractivity (Wildman–Crippen MR) is 56.3 cm³/mol. The largest absolute Gasteiger partial charge is 0.481 e. The Morgan fingerprint density at radius 1 is 1.40 bits per heavy atom. The Morgan fingerprint density at radius 3 is 2.80 bits per heavy atom. The summed E-state index contributed by atoms with van der Waals surface area (Å²) >= 11 is 0. The van der Waals surface area contributed by atoms with Crippen LogP contribution in [0.4, 0.5) is 4.39 Å². The van der Waals surface area contributed by atoms with E-state index in [2.05, 4.69) is 0 Å². The molecular weight excluding hydrogens is 195 g/mol. The molecule has 0 aliphatic rings. The van der Waals surface area contributed by atoms with Crippen molar-refractivity contribution in [2.24, 2.45) is 0 Å². The van der Waals surface area contributed by atoms with E-state index in [1.54, 1.807) is 19.1 Å². The fourth-order valence-electron chi connectivity index (χ4n) is 1.49. The molecule has 0 aliphatic heterocycles. The first-order valence-corrected chi connectivity index (χ1v) is 5.07. The number of benzene rings is 1. The van der Waals surface area contributed by atoms with Crippen molar-refractivity contribution in [2.45, 2.75) is 32.6 Å². The van der Waals surface area contributed by atoms with Crippen molar-refractivity contribution in [1.29, 1.82) is 0 Å². The number of carboxylic acid groups (broad SMARTS) is 1. The minimum atomic E-state index is -0.792. The van der Waals surface area contributed by atoms with E-state index in [-0.39, 0.29) is 12.2 Å². The molecular formula is C12H15FO2. The molecule has 1 aromatic rings. The van der Waals surface area contributed by atoms with Gasteiger partial charge in [0.05, 0.1) is 0 Å². The fourth-order valence-corrected chi connectivity index (χ4v) is 1.49. The zero-order chi connectivity index (χ0) is 11.3. The zero-order valence-corrected chi connectivity index (χ0v) is 8.79. The van der Waals surface area contributed by atoms with Crippen LogP contribution in [-0.4, -0.2) is 11.1 Å². The third kappa shape index (κ3) is 3.70. The van der Waals surface area contributed by atoms with Gasteiger partial charge < -0.3 is 5.11 Å². The van der Waals surface area contributed by atoms with Gasteiger partial charge >= 0.3 is 5.97 Å². The van der Waals surface area contributed by atoms with Gasteiger partial charge in [-0.2, -0.15) is 0 Å². The number of hydrogen-bond acceptors (Lipinski definition) is 1.